The highest BCUT2D eigenvalue weighted by atomic mass is 79.9. The Kier molecular flexibility index (Phi) is 5.82. The average molecular weight is 353 g/mol. The van der Waals surface area contributed by atoms with E-state index < -0.39 is 0 Å². The van der Waals surface area contributed by atoms with Gasteiger partial charge in [0.2, 0.25) is 5.91 Å². The first kappa shape index (κ1) is 16.0. The lowest BCUT2D eigenvalue weighted by molar-refractivity contribution is -0.127. The second-order valence-electron chi connectivity index (χ2n) is 4.99. The van der Waals surface area contributed by atoms with Crippen LogP contribution in [0, 0.1) is 0 Å². The van der Waals surface area contributed by atoms with Crippen molar-refractivity contribution in [3.05, 3.63) is 34.3 Å². The smallest absolute Gasteiger partial charge is 0.246 e. The summed E-state index contributed by atoms with van der Waals surface area (Å²) in [5, 5.41) is 0. The number of methoxy groups -OCH3 is 1. The molecule has 4 nitrogen and oxygen atoms in total. The molecule has 1 heterocycles. The van der Waals surface area contributed by atoms with Gasteiger partial charge in [0.05, 0.1) is 11.6 Å². The van der Waals surface area contributed by atoms with Gasteiger partial charge >= 0.3 is 0 Å². The number of carbonyl (C=O) groups excluding carboxylic acids is 1. The molecule has 0 spiro atoms. The molecule has 1 amide bonds. The summed E-state index contributed by atoms with van der Waals surface area (Å²) in [6, 6.07) is 5.76. The molecule has 21 heavy (non-hydrogen) atoms. The van der Waals surface area contributed by atoms with Gasteiger partial charge < -0.3 is 14.5 Å². The third kappa shape index (κ3) is 4.32. The van der Waals surface area contributed by atoms with Crippen LogP contribution < -0.4 is 4.74 Å². The number of hydrogen-bond donors (Lipinski definition) is 0. The summed E-state index contributed by atoms with van der Waals surface area (Å²) < 4.78 is 6.08. The van der Waals surface area contributed by atoms with Gasteiger partial charge in [-0.2, -0.15) is 0 Å². The van der Waals surface area contributed by atoms with Crippen molar-refractivity contribution in [2.75, 3.05) is 39.8 Å². The van der Waals surface area contributed by atoms with Crippen molar-refractivity contribution in [1.29, 1.82) is 0 Å². The Morgan fingerprint density at radius 2 is 2.05 bits per heavy atom. The van der Waals surface area contributed by atoms with Crippen molar-refractivity contribution in [2.45, 2.75) is 6.92 Å². The Bertz CT molecular complexity index is 523. The molecule has 0 atom stereocenters. The van der Waals surface area contributed by atoms with E-state index in [1.165, 1.54) is 0 Å². The van der Waals surface area contributed by atoms with Crippen LogP contribution in [-0.4, -0.2) is 55.5 Å². The maximum Gasteiger partial charge on any atom is 0.246 e. The lowest BCUT2D eigenvalue weighted by Gasteiger charge is -2.33. The monoisotopic (exact) mass is 352 g/mol. The van der Waals surface area contributed by atoms with E-state index in [0.29, 0.717) is 0 Å². The van der Waals surface area contributed by atoms with Gasteiger partial charge in [-0.05, 0) is 46.2 Å². The fraction of sp³-hybridized carbons (Fsp3) is 0.438. The molecule has 0 aromatic heterocycles. The highest BCUT2D eigenvalue weighted by Crippen LogP contribution is 2.25. The number of rotatable bonds is 4. The molecule has 0 saturated carbocycles. The van der Waals surface area contributed by atoms with Crippen LogP contribution in [0.15, 0.2) is 28.7 Å². The number of likely N-dealkylation sites (N-methyl/N-ethyl adjacent to an activating group) is 1. The van der Waals surface area contributed by atoms with Crippen molar-refractivity contribution >= 4 is 27.9 Å². The molecule has 0 N–H and O–H groups in total. The van der Waals surface area contributed by atoms with Gasteiger partial charge in [-0.15, -0.1) is 0 Å². The minimum atomic E-state index is 0.0812. The van der Waals surface area contributed by atoms with Gasteiger partial charge in [0.15, 0.2) is 0 Å². The minimum Gasteiger partial charge on any atom is -0.496 e. The third-order valence-corrected chi connectivity index (χ3v) is 4.35. The summed E-state index contributed by atoms with van der Waals surface area (Å²) in [6.45, 7) is 6.75. The van der Waals surface area contributed by atoms with E-state index >= 15 is 0 Å². The van der Waals surface area contributed by atoms with Crippen LogP contribution in [0.1, 0.15) is 12.5 Å². The van der Waals surface area contributed by atoms with E-state index in [-0.39, 0.29) is 5.91 Å². The largest absolute Gasteiger partial charge is 0.496 e. The van der Waals surface area contributed by atoms with Crippen molar-refractivity contribution in [2.24, 2.45) is 0 Å². The van der Waals surface area contributed by atoms with Gasteiger partial charge in [-0.1, -0.05) is 13.0 Å². The summed E-state index contributed by atoms with van der Waals surface area (Å²) in [5.74, 6) is 0.867. The van der Waals surface area contributed by atoms with Gasteiger partial charge in [0, 0.05) is 32.3 Å². The molecule has 0 aliphatic carbocycles. The molecule has 1 saturated heterocycles. The zero-order valence-electron chi connectivity index (χ0n) is 12.5. The Balaban J connectivity index is 1.94. The highest BCUT2D eigenvalue weighted by molar-refractivity contribution is 9.10. The molecule has 1 aromatic rings. The lowest BCUT2D eigenvalue weighted by atomic mass is 10.2. The molecular weight excluding hydrogens is 332 g/mol. The molecule has 2 rings (SSSR count). The average Bonchev–Trinajstić information content (AvgIpc) is 2.52. The third-order valence-electron chi connectivity index (χ3n) is 3.73. The summed E-state index contributed by atoms with van der Waals surface area (Å²) in [5.41, 5.74) is 0.975. The maximum atomic E-state index is 12.2. The number of hydrogen-bond acceptors (Lipinski definition) is 3. The molecule has 5 heteroatoms. The number of carbonyl (C=O) groups is 1. The SMILES string of the molecule is CCN1CCN(C(=O)/C=C\c2ccc(OC)c(Br)c2)CC1. The number of ether oxygens (including phenoxy) is 1. The van der Waals surface area contributed by atoms with Crippen LogP contribution in [0.2, 0.25) is 0 Å². The first-order valence-electron chi connectivity index (χ1n) is 7.17. The molecule has 1 fully saturated rings. The second kappa shape index (κ2) is 7.61. The molecule has 0 radical (unpaired) electrons. The first-order chi connectivity index (χ1) is 10.1. The topological polar surface area (TPSA) is 32.8 Å². The van der Waals surface area contributed by atoms with E-state index in [1.54, 1.807) is 13.2 Å². The van der Waals surface area contributed by atoms with Crippen molar-refractivity contribution in [1.82, 2.24) is 9.80 Å². The van der Waals surface area contributed by atoms with Crippen LogP contribution in [-0.2, 0) is 4.79 Å². The van der Waals surface area contributed by atoms with E-state index in [4.69, 9.17) is 4.74 Å². The normalized spacial score (nSPS) is 16.4. The standard InChI is InChI=1S/C16H21BrN2O2/c1-3-18-8-10-19(11-9-18)16(20)7-5-13-4-6-15(21-2)14(17)12-13/h4-7,12H,3,8-11H2,1-2H3/b7-5-. The van der Waals surface area contributed by atoms with Crippen LogP contribution in [0.3, 0.4) is 0 Å². The second-order valence-corrected chi connectivity index (χ2v) is 5.84. The molecule has 1 aliphatic rings. The number of piperazine rings is 1. The van der Waals surface area contributed by atoms with E-state index in [1.807, 2.05) is 29.2 Å². The maximum absolute atomic E-state index is 12.2. The van der Waals surface area contributed by atoms with Crippen molar-refractivity contribution in [3.63, 3.8) is 0 Å². The summed E-state index contributed by atoms with van der Waals surface area (Å²) in [7, 11) is 1.63. The Morgan fingerprint density at radius 1 is 1.33 bits per heavy atom. The van der Waals surface area contributed by atoms with Crippen LogP contribution in [0.5, 0.6) is 5.75 Å². The molecular formula is C16H21BrN2O2. The summed E-state index contributed by atoms with van der Waals surface area (Å²) in [6.07, 6.45) is 3.49. The minimum absolute atomic E-state index is 0.0812. The predicted octanol–water partition coefficient (Wildman–Crippen LogP) is 2.64. The van der Waals surface area contributed by atoms with Gasteiger partial charge in [-0.25, -0.2) is 0 Å². The van der Waals surface area contributed by atoms with Crippen LogP contribution in [0.25, 0.3) is 6.08 Å². The fourth-order valence-corrected chi connectivity index (χ4v) is 2.90. The van der Waals surface area contributed by atoms with Crippen LogP contribution >= 0.6 is 15.9 Å². The molecule has 0 unspecified atom stereocenters. The molecule has 114 valence electrons. The summed E-state index contributed by atoms with van der Waals surface area (Å²) >= 11 is 3.45. The highest BCUT2D eigenvalue weighted by Gasteiger charge is 2.18. The van der Waals surface area contributed by atoms with E-state index in [9.17, 15) is 4.79 Å². The molecule has 1 aromatic carbocycles. The zero-order chi connectivity index (χ0) is 15.2. The molecule has 0 bridgehead atoms. The number of benzene rings is 1. The summed E-state index contributed by atoms with van der Waals surface area (Å²) in [4.78, 5) is 16.4. The van der Waals surface area contributed by atoms with Crippen molar-refractivity contribution in [3.8, 4) is 5.75 Å². The number of nitrogens with zero attached hydrogens (tertiary/aromatic N) is 2. The lowest BCUT2D eigenvalue weighted by Crippen LogP contribution is -2.48. The van der Waals surface area contributed by atoms with E-state index in [2.05, 4.69) is 27.8 Å². The van der Waals surface area contributed by atoms with Gasteiger partial charge in [-0.3, -0.25) is 4.79 Å². The number of amides is 1. The Hall–Kier alpha value is -1.33. The quantitative estimate of drug-likeness (QED) is 0.781. The van der Waals surface area contributed by atoms with Gasteiger partial charge in [0.25, 0.3) is 0 Å². The Morgan fingerprint density at radius 3 is 2.62 bits per heavy atom. The van der Waals surface area contributed by atoms with E-state index in [0.717, 1.165) is 48.5 Å². The fourth-order valence-electron chi connectivity index (χ4n) is 2.34. The zero-order valence-corrected chi connectivity index (χ0v) is 14.1. The van der Waals surface area contributed by atoms with Gasteiger partial charge in [0.1, 0.15) is 5.75 Å². The Labute approximate surface area is 134 Å². The predicted molar refractivity (Wildman–Crippen MR) is 88.4 cm³/mol. The number of halogens is 1. The molecule has 1 aliphatic heterocycles. The first-order valence-corrected chi connectivity index (χ1v) is 7.96. The van der Waals surface area contributed by atoms with Crippen molar-refractivity contribution < 1.29 is 9.53 Å². The van der Waals surface area contributed by atoms with Crippen LogP contribution in [0.4, 0.5) is 0 Å².